The van der Waals surface area contributed by atoms with Crippen molar-refractivity contribution in [1.82, 2.24) is 0 Å². The summed E-state index contributed by atoms with van der Waals surface area (Å²) in [4.78, 5) is 0. The number of nitrogens with two attached hydrogens (primary N) is 1. The predicted molar refractivity (Wildman–Crippen MR) is 36.8 cm³/mol. The van der Waals surface area contributed by atoms with E-state index in [2.05, 4.69) is 0 Å². The van der Waals surface area contributed by atoms with E-state index in [1.54, 1.807) is 0 Å². The minimum atomic E-state index is 0.159. The number of hydrogen-bond donors (Lipinski definition) is 2. The van der Waals surface area contributed by atoms with E-state index in [0.29, 0.717) is 0 Å². The lowest BCUT2D eigenvalue weighted by atomic mass is 9.97. The van der Waals surface area contributed by atoms with Crippen molar-refractivity contribution in [2.75, 3.05) is 6.61 Å². The second kappa shape index (κ2) is 2.87. The van der Waals surface area contributed by atoms with Crippen molar-refractivity contribution in [2.45, 2.75) is 25.7 Å². The largest absolute Gasteiger partial charge is 0.402 e. The first-order chi connectivity index (χ1) is 4.34. The average molecular weight is 127 g/mol. The normalized spacial score (nSPS) is 20.6. The van der Waals surface area contributed by atoms with Gasteiger partial charge >= 0.3 is 0 Å². The molecular formula is C7H13NO. The van der Waals surface area contributed by atoms with Crippen LogP contribution in [0.2, 0.25) is 0 Å². The molecule has 0 unspecified atom stereocenters. The Morgan fingerprint density at radius 1 is 1.33 bits per heavy atom. The van der Waals surface area contributed by atoms with Gasteiger partial charge in [-0.15, -0.1) is 0 Å². The first-order valence-corrected chi connectivity index (χ1v) is 3.42. The number of aliphatic hydroxyl groups excluding tert-OH is 1. The van der Waals surface area contributed by atoms with Crippen LogP contribution in [-0.4, -0.2) is 11.7 Å². The lowest BCUT2D eigenvalue weighted by molar-refractivity contribution is 0.320. The fraction of sp³-hybridized carbons (Fsp3) is 0.714. The Kier molecular flexibility index (Phi) is 2.11. The maximum absolute atomic E-state index is 8.72. The lowest BCUT2D eigenvalue weighted by Crippen LogP contribution is -2.09. The van der Waals surface area contributed by atoms with Gasteiger partial charge < -0.3 is 10.8 Å². The summed E-state index contributed by atoms with van der Waals surface area (Å²) in [5.74, 6) is 0. The van der Waals surface area contributed by atoms with Crippen molar-refractivity contribution in [3.63, 3.8) is 0 Å². The minimum Gasteiger partial charge on any atom is -0.402 e. The molecule has 0 atom stereocenters. The molecule has 1 aliphatic carbocycles. The van der Waals surface area contributed by atoms with E-state index >= 15 is 0 Å². The Hall–Kier alpha value is -0.500. The summed E-state index contributed by atoms with van der Waals surface area (Å²) >= 11 is 0. The summed E-state index contributed by atoms with van der Waals surface area (Å²) in [6.07, 6.45) is 4.37. The van der Waals surface area contributed by atoms with E-state index in [-0.39, 0.29) is 6.61 Å². The molecule has 0 aromatic rings. The monoisotopic (exact) mass is 127 g/mol. The predicted octanol–water partition coefficient (Wildman–Crippen LogP) is 0.765. The van der Waals surface area contributed by atoms with E-state index in [4.69, 9.17) is 10.8 Å². The zero-order valence-electron chi connectivity index (χ0n) is 5.56. The molecule has 0 bridgehead atoms. The summed E-state index contributed by atoms with van der Waals surface area (Å²) < 4.78 is 0. The molecule has 2 heteroatoms. The topological polar surface area (TPSA) is 46.2 Å². The van der Waals surface area contributed by atoms with Gasteiger partial charge in [0.15, 0.2) is 0 Å². The van der Waals surface area contributed by atoms with Crippen molar-refractivity contribution in [3.05, 3.63) is 11.3 Å². The first kappa shape index (κ1) is 6.62. The highest BCUT2D eigenvalue weighted by atomic mass is 16.3. The molecule has 0 aromatic carbocycles. The van der Waals surface area contributed by atoms with Gasteiger partial charge in [0.25, 0.3) is 0 Å². The maximum Gasteiger partial charge on any atom is 0.0661 e. The van der Waals surface area contributed by atoms with Gasteiger partial charge in [0, 0.05) is 5.70 Å². The Balaban J connectivity index is 2.59. The summed E-state index contributed by atoms with van der Waals surface area (Å²) in [6.45, 7) is 0.159. The van der Waals surface area contributed by atoms with Crippen LogP contribution < -0.4 is 5.73 Å². The molecule has 0 fully saturated rings. The summed E-state index contributed by atoms with van der Waals surface area (Å²) in [5.41, 5.74) is 7.59. The van der Waals surface area contributed by atoms with Crippen molar-refractivity contribution >= 4 is 0 Å². The van der Waals surface area contributed by atoms with Crippen LogP contribution in [0.1, 0.15) is 25.7 Å². The molecule has 0 spiro atoms. The fourth-order valence-corrected chi connectivity index (χ4v) is 1.17. The summed E-state index contributed by atoms with van der Waals surface area (Å²) in [7, 11) is 0. The third-order valence-electron chi connectivity index (χ3n) is 1.82. The van der Waals surface area contributed by atoms with E-state index in [9.17, 15) is 0 Å². The van der Waals surface area contributed by atoms with Gasteiger partial charge in [-0.05, 0) is 31.3 Å². The Morgan fingerprint density at radius 2 is 2.00 bits per heavy atom. The lowest BCUT2D eigenvalue weighted by Gasteiger charge is -2.14. The van der Waals surface area contributed by atoms with Crippen LogP contribution in [-0.2, 0) is 0 Å². The standard InChI is InChI=1S/C7H13NO/c8-7-4-2-1-3-6(7)5-9/h9H,1-5,8H2. The van der Waals surface area contributed by atoms with Crippen molar-refractivity contribution < 1.29 is 5.11 Å². The third kappa shape index (κ3) is 1.45. The third-order valence-corrected chi connectivity index (χ3v) is 1.82. The molecule has 0 radical (unpaired) electrons. The van der Waals surface area contributed by atoms with Gasteiger partial charge in [0.1, 0.15) is 0 Å². The molecule has 9 heavy (non-hydrogen) atoms. The van der Waals surface area contributed by atoms with Gasteiger partial charge in [-0.3, -0.25) is 0 Å². The highest BCUT2D eigenvalue weighted by molar-refractivity contribution is 5.13. The van der Waals surface area contributed by atoms with Crippen molar-refractivity contribution in [2.24, 2.45) is 5.73 Å². The molecule has 0 aliphatic heterocycles. The van der Waals surface area contributed by atoms with Gasteiger partial charge in [-0.2, -0.15) is 0 Å². The molecule has 1 aliphatic rings. The Morgan fingerprint density at radius 3 is 2.44 bits per heavy atom. The van der Waals surface area contributed by atoms with Crippen molar-refractivity contribution in [1.29, 1.82) is 0 Å². The van der Waals surface area contributed by atoms with E-state index in [0.717, 1.165) is 24.1 Å². The number of allylic oxidation sites excluding steroid dienone is 1. The average Bonchev–Trinajstić information content (AvgIpc) is 1.89. The van der Waals surface area contributed by atoms with Crippen LogP contribution in [0, 0.1) is 0 Å². The molecule has 0 aromatic heterocycles. The van der Waals surface area contributed by atoms with Crippen LogP contribution in [0.5, 0.6) is 0 Å². The van der Waals surface area contributed by atoms with E-state index < -0.39 is 0 Å². The first-order valence-electron chi connectivity index (χ1n) is 3.42. The Bertz CT molecular complexity index is 129. The number of aliphatic hydroxyl groups is 1. The second-order valence-corrected chi connectivity index (χ2v) is 2.49. The molecule has 3 N–H and O–H groups in total. The van der Waals surface area contributed by atoms with Crippen LogP contribution in [0.4, 0.5) is 0 Å². The van der Waals surface area contributed by atoms with Gasteiger partial charge in [-0.25, -0.2) is 0 Å². The number of rotatable bonds is 1. The highest BCUT2D eigenvalue weighted by Crippen LogP contribution is 2.20. The van der Waals surface area contributed by atoms with Gasteiger partial charge in [0.2, 0.25) is 0 Å². The Labute approximate surface area is 55.4 Å². The van der Waals surface area contributed by atoms with Crippen LogP contribution in [0.3, 0.4) is 0 Å². The molecule has 0 saturated carbocycles. The zero-order chi connectivity index (χ0) is 6.69. The SMILES string of the molecule is NC1=C(CO)CCCC1. The molecule has 0 heterocycles. The number of hydrogen-bond acceptors (Lipinski definition) is 2. The molecule has 1 rings (SSSR count). The van der Waals surface area contributed by atoms with Gasteiger partial charge in [-0.1, -0.05) is 0 Å². The summed E-state index contributed by atoms with van der Waals surface area (Å²) in [6, 6.07) is 0. The zero-order valence-corrected chi connectivity index (χ0v) is 5.56. The van der Waals surface area contributed by atoms with Crippen LogP contribution in [0.15, 0.2) is 11.3 Å². The van der Waals surface area contributed by atoms with E-state index in [1.165, 1.54) is 12.8 Å². The minimum absolute atomic E-state index is 0.159. The molecule has 0 amide bonds. The fourth-order valence-electron chi connectivity index (χ4n) is 1.17. The molecular weight excluding hydrogens is 114 g/mol. The van der Waals surface area contributed by atoms with E-state index in [1.807, 2.05) is 0 Å². The molecule has 2 nitrogen and oxygen atoms in total. The maximum atomic E-state index is 8.72. The smallest absolute Gasteiger partial charge is 0.0661 e. The van der Waals surface area contributed by atoms with Crippen molar-refractivity contribution in [3.8, 4) is 0 Å². The van der Waals surface area contributed by atoms with Crippen LogP contribution in [0.25, 0.3) is 0 Å². The van der Waals surface area contributed by atoms with Crippen LogP contribution >= 0.6 is 0 Å². The second-order valence-electron chi connectivity index (χ2n) is 2.49. The summed E-state index contributed by atoms with van der Waals surface area (Å²) in [5, 5.41) is 8.72. The molecule has 0 saturated heterocycles. The van der Waals surface area contributed by atoms with Gasteiger partial charge in [0.05, 0.1) is 6.61 Å². The quantitative estimate of drug-likeness (QED) is 0.546. The highest BCUT2D eigenvalue weighted by Gasteiger charge is 2.07. The molecule has 52 valence electrons.